The Morgan fingerprint density at radius 1 is 0.686 bits per heavy atom. The Labute approximate surface area is 305 Å². The van der Waals surface area contributed by atoms with Gasteiger partial charge in [0.15, 0.2) is 0 Å². The van der Waals surface area contributed by atoms with Gasteiger partial charge in [-0.25, -0.2) is 0 Å². The van der Waals surface area contributed by atoms with Crippen LogP contribution in [0.25, 0.3) is 44.5 Å². The number of benzene rings is 5. The first kappa shape index (κ1) is 32.1. The second-order valence-corrected chi connectivity index (χ2v) is 15.9. The summed E-state index contributed by atoms with van der Waals surface area (Å²) < 4.78 is 0. The van der Waals surface area contributed by atoms with Gasteiger partial charge in [-0.3, -0.25) is 0 Å². The molecule has 51 heavy (non-hydrogen) atoms. The Kier molecular flexibility index (Phi) is 7.44. The van der Waals surface area contributed by atoms with E-state index >= 15 is 0 Å². The van der Waals surface area contributed by atoms with E-state index in [0.29, 0.717) is 0 Å². The third-order valence-electron chi connectivity index (χ3n) is 13.0. The average Bonchev–Trinajstić information content (AvgIpc) is 3.74. The van der Waals surface area contributed by atoms with E-state index in [-0.39, 0.29) is 11.5 Å². The molecule has 0 saturated heterocycles. The van der Waals surface area contributed by atoms with E-state index in [9.17, 15) is 0 Å². The van der Waals surface area contributed by atoms with E-state index in [1.807, 2.05) is 0 Å². The number of hydrogen-bond donors (Lipinski definition) is 0. The zero-order valence-electron chi connectivity index (χ0n) is 31.4. The normalized spacial score (nSPS) is 19.6. The van der Waals surface area contributed by atoms with Crippen molar-refractivity contribution >= 4 is 11.1 Å². The van der Waals surface area contributed by atoms with E-state index in [1.54, 1.807) is 11.1 Å². The molecule has 2 aliphatic carbocycles. The summed E-state index contributed by atoms with van der Waals surface area (Å²) in [5, 5.41) is 0. The summed E-state index contributed by atoms with van der Waals surface area (Å²) >= 11 is 0. The molecule has 0 saturated carbocycles. The first-order valence-corrected chi connectivity index (χ1v) is 19.1. The van der Waals surface area contributed by atoms with Gasteiger partial charge in [-0.1, -0.05) is 92.2 Å². The Hall–Kier alpha value is -4.88. The molecule has 0 radical (unpaired) electrons. The Morgan fingerprint density at radius 2 is 1.29 bits per heavy atom. The highest BCUT2D eigenvalue weighted by atomic mass is 15.2. The number of hydrogen-bond acceptors (Lipinski definition) is 1. The van der Waals surface area contributed by atoms with Gasteiger partial charge in [0.25, 0.3) is 0 Å². The molecule has 2 aliphatic heterocycles. The van der Waals surface area contributed by atoms with Crippen LogP contribution in [0.3, 0.4) is 0 Å². The smallest absolute Gasteiger partial charge is 0.0737 e. The minimum Gasteiger partial charge on any atom is -0.362 e. The molecule has 2 heterocycles. The summed E-state index contributed by atoms with van der Waals surface area (Å²) in [4.78, 5) is 2.60. The summed E-state index contributed by atoms with van der Waals surface area (Å²) in [6, 6.07) is 31.1. The number of fused-ring (bicyclic) bond motifs is 10. The van der Waals surface area contributed by atoms with Gasteiger partial charge in [0, 0.05) is 18.2 Å². The van der Waals surface area contributed by atoms with Crippen LogP contribution in [0.2, 0.25) is 0 Å². The van der Waals surface area contributed by atoms with E-state index in [1.165, 1.54) is 120 Å². The van der Waals surface area contributed by atoms with Crippen molar-refractivity contribution in [2.24, 2.45) is 0 Å². The summed E-state index contributed by atoms with van der Waals surface area (Å²) in [6.45, 7) is 16.7. The van der Waals surface area contributed by atoms with Gasteiger partial charge < -0.3 is 4.90 Å². The molecule has 0 aromatic heterocycles. The lowest BCUT2D eigenvalue weighted by Crippen LogP contribution is -2.30. The number of allylic oxidation sites excluding steroid dienone is 4. The molecule has 1 heteroatoms. The SMILES string of the molecule is CCC[C@]12CCC=C1c1c(ccc3c1C1C=CC(c4cc(-c5cc(C)c(C)c(C)c5)cc(-c5cc(C)c(C)c(C)c5)c4)=CN1C3)-c1ccccc12. The van der Waals surface area contributed by atoms with Crippen LogP contribution in [0.1, 0.15) is 99.8 Å². The highest BCUT2D eigenvalue weighted by Gasteiger charge is 2.47. The van der Waals surface area contributed by atoms with Crippen molar-refractivity contribution in [3.05, 3.63) is 164 Å². The fraction of sp³-hybridized carbons (Fsp3) is 0.280. The molecule has 1 nitrogen and oxygen atoms in total. The fourth-order valence-corrected chi connectivity index (χ4v) is 9.94. The maximum Gasteiger partial charge on any atom is 0.0737 e. The van der Waals surface area contributed by atoms with Gasteiger partial charge in [0.2, 0.25) is 0 Å². The van der Waals surface area contributed by atoms with E-state index in [4.69, 9.17) is 0 Å². The van der Waals surface area contributed by atoms with Crippen molar-refractivity contribution in [1.82, 2.24) is 4.90 Å². The average molecular weight is 664 g/mol. The van der Waals surface area contributed by atoms with Crippen LogP contribution in [0.5, 0.6) is 0 Å². The molecule has 5 aromatic rings. The molecule has 0 fully saturated rings. The van der Waals surface area contributed by atoms with Crippen LogP contribution in [0.15, 0.2) is 103 Å². The predicted molar refractivity (Wildman–Crippen MR) is 217 cm³/mol. The molecular formula is C50H49N. The molecule has 1 unspecified atom stereocenters. The minimum absolute atomic E-state index is 0.135. The Morgan fingerprint density at radius 3 is 1.94 bits per heavy atom. The molecule has 254 valence electrons. The van der Waals surface area contributed by atoms with Gasteiger partial charge >= 0.3 is 0 Å². The maximum atomic E-state index is 2.60. The topological polar surface area (TPSA) is 3.24 Å². The van der Waals surface area contributed by atoms with E-state index < -0.39 is 0 Å². The Balaban J connectivity index is 1.16. The third-order valence-corrected chi connectivity index (χ3v) is 13.0. The molecule has 4 aliphatic rings. The molecule has 5 aromatic carbocycles. The summed E-state index contributed by atoms with van der Waals surface area (Å²) in [7, 11) is 0. The van der Waals surface area contributed by atoms with Crippen LogP contribution >= 0.6 is 0 Å². The van der Waals surface area contributed by atoms with Gasteiger partial charge in [-0.05, 0) is 185 Å². The minimum atomic E-state index is 0.135. The second-order valence-electron chi connectivity index (χ2n) is 15.9. The first-order chi connectivity index (χ1) is 24.7. The molecule has 0 amide bonds. The highest BCUT2D eigenvalue weighted by Crippen LogP contribution is 2.60. The summed E-state index contributed by atoms with van der Waals surface area (Å²) in [6.07, 6.45) is 14.8. The highest BCUT2D eigenvalue weighted by molar-refractivity contribution is 5.96. The molecule has 0 spiro atoms. The largest absolute Gasteiger partial charge is 0.362 e. The predicted octanol–water partition coefficient (Wildman–Crippen LogP) is 13.2. The summed E-state index contributed by atoms with van der Waals surface area (Å²) in [5.74, 6) is 0. The monoisotopic (exact) mass is 663 g/mol. The number of aryl methyl sites for hydroxylation is 4. The maximum absolute atomic E-state index is 2.60. The molecule has 9 rings (SSSR count). The second kappa shape index (κ2) is 11.8. The van der Waals surface area contributed by atoms with Crippen molar-refractivity contribution < 1.29 is 0 Å². The van der Waals surface area contributed by atoms with Crippen LogP contribution in [-0.4, -0.2) is 4.90 Å². The zero-order valence-corrected chi connectivity index (χ0v) is 31.4. The molecule has 0 bridgehead atoms. The first-order valence-electron chi connectivity index (χ1n) is 19.1. The van der Waals surface area contributed by atoms with Crippen molar-refractivity contribution in [1.29, 1.82) is 0 Å². The van der Waals surface area contributed by atoms with Gasteiger partial charge in [-0.15, -0.1) is 0 Å². The van der Waals surface area contributed by atoms with Crippen LogP contribution in [0, 0.1) is 41.5 Å². The van der Waals surface area contributed by atoms with Crippen LogP contribution in [-0.2, 0) is 12.0 Å². The van der Waals surface area contributed by atoms with E-state index in [2.05, 4.69) is 157 Å². The van der Waals surface area contributed by atoms with Gasteiger partial charge in [0.05, 0.1) is 6.04 Å². The van der Waals surface area contributed by atoms with Gasteiger partial charge in [0.1, 0.15) is 0 Å². The number of rotatable bonds is 5. The molecule has 2 atom stereocenters. The Bertz CT molecular complexity index is 2260. The molecule has 0 N–H and O–H groups in total. The van der Waals surface area contributed by atoms with Gasteiger partial charge in [-0.2, -0.15) is 0 Å². The fourth-order valence-electron chi connectivity index (χ4n) is 9.94. The van der Waals surface area contributed by atoms with Crippen LogP contribution < -0.4 is 0 Å². The lowest BCUT2D eigenvalue weighted by Gasteiger charge is -2.41. The van der Waals surface area contributed by atoms with E-state index in [0.717, 1.165) is 6.54 Å². The zero-order chi connectivity index (χ0) is 35.2. The van der Waals surface area contributed by atoms with Crippen molar-refractivity contribution in [3.63, 3.8) is 0 Å². The lowest BCUT2D eigenvalue weighted by molar-refractivity contribution is 0.351. The quantitative estimate of drug-likeness (QED) is 0.181. The van der Waals surface area contributed by atoms with Crippen molar-refractivity contribution in [3.8, 4) is 33.4 Å². The van der Waals surface area contributed by atoms with Crippen LogP contribution in [0.4, 0.5) is 0 Å². The standard InChI is InChI=1S/C50H49N/c1-8-19-50-20-11-14-46(50)49-44(43-12-9-10-13-45(43)50)17-15-37-29-51-28-36(16-18-47(51)48(37)49)40-25-41(38-21-30(2)34(6)31(3)22-38)27-42(26-40)39-23-32(4)35(7)33(5)24-39/h9-10,12-18,21-28,47H,8,11,19-20,29H2,1-7H3/t47?,50-/m1/s1. The van der Waals surface area contributed by atoms with Crippen molar-refractivity contribution in [2.45, 2.75) is 92.2 Å². The molecular weight excluding hydrogens is 615 g/mol. The lowest BCUT2D eigenvalue weighted by atomic mass is 9.62. The number of nitrogens with zero attached hydrogens (tertiary/aromatic N) is 1. The third kappa shape index (κ3) is 4.88. The van der Waals surface area contributed by atoms with Crippen molar-refractivity contribution in [2.75, 3.05) is 0 Å². The summed E-state index contributed by atoms with van der Waals surface area (Å²) in [5.41, 5.74) is 26.5.